The Bertz CT molecular complexity index is 1240. The number of hydrogen-bond acceptors (Lipinski definition) is 8. The fourth-order valence-corrected chi connectivity index (χ4v) is 4.72. The number of halogens is 3. The van der Waals surface area contributed by atoms with Gasteiger partial charge in [0.15, 0.2) is 5.13 Å². The van der Waals surface area contributed by atoms with Gasteiger partial charge >= 0.3 is 5.51 Å². The Balaban J connectivity index is 1.96. The van der Waals surface area contributed by atoms with Gasteiger partial charge in [-0.2, -0.15) is 18.4 Å². The van der Waals surface area contributed by atoms with Crippen molar-refractivity contribution in [2.75, 3.05) is 10.8 Å². The zero-order valence-electron chi connectivity index (χ0n) is 17.5. The van der Waals surface area contributed by atoms with Crippen molar-refractivity contribution in [3.05, 3.63) is 70.2 Å². The summed E-state index contributed by atoms with van der Waals surface area (Å²) in [6.45, 7) is 1.79. The number of alkyl halides is 3. The molecule has 13 heteroatoms. The van der Waals surface area contributed by atoms with Gasteiger partial charge in [0.2, 0.25) is 0 Å². The predicted octanol–water partition coefficient (Wildman–Crippen LogP) is 4.84. The molecule has 1 amide bonds. The average molecular weight is 526 g/mol. The standard InChI is InChI=1S/C21H17F3N4O3S3/c1-13-18(19(29)26-12-34(30)31)27-20(32-13)28(16-7-5-14(10-25)6-8-16)11-15-3-2-4-17(9-15)33-21(22,23)24/h2-9H,11-12H2,1H3,(H,26,29)(H,30,31)/p-1. The molecule has 3 aromatic rings. The molecule has 0 saturated heterocycles. The molecular weight excluding hydrogens is 509 g/mol. The van der Waals surface area contributed by atoms with Crippen molar-refractivity contribution < 1.29 is 26.7 Å². The molecule has 1 atom stereocenters. The van der Waals surface area contributed by atoms with Crippen LogP contribution in [0.4, 0.5) is 24.0 Å². The van der Waals surface area contributed by atoms with Crippen molar-refractivity contribution in [3.8, 4) is 6.07 Å². The van der Waals surface area contributed by atoms with Gasteiger partial charge in [-0.05, 0) is 71.7 Å². The van der Waals surface area contributed by atoms with Crippen molar-refractivity contribution >= 4 is 50.9 Å². The van der Waals surface area contributed by atoms with E-state index < -0.39 is 28.4 Å². The molecule has 1 aromatic heterocycles. The van der Waals surface area contributed by atoms with Gasteiger partial charge < -0.3 is 14.8 Å². The van der Waals surface area contributed by atoms with Gasteiger partial charge in [0.1, 0.15) is 5.69 Å². The number of nitrogens with zero attached hydrogens (tertiary/aromatic N) is 3. The minimum atomic E-state index is -4.42. The summed E-state index contributed by atoms with van der Waals surface area (Å²) in [7, 11) is 0. The highest BCUT2D eigenvalue weighted by Gasteiger charge is 2.29. The summed E-state index contributed by atoms with van der Waals surface area (Å²) >= 11 is -1.50. The first-order valence-corrected chi connectivity index (χ1v) is 12.4. The highest BCUT2D eigenvalue weighted by Crippen LogP contribution is 2.38. The second-order valence-corrected chi connectivity index (χ2v) is 10.0. The molecule has 1 N–H and O–H groups in total. The van der Waals surface area contributed by atoms with E-state index in [2.05, 4.69) is 10.3 Å². The highest BCUT2D eigenvalue weighted by molar-refractivity contribution is 8.00. The Labute approximate surface area is 203 Å². The smallest absolute Gasteiger partial charge is 0.446 e. The zero-order chi connectivity index (χ0) is 24.9. The molecule has 1 unspecified atom stereocenters. The van der Waals surface area contributed by atoms with Crippen LogP contribution in [0.3, 0.4) is 0 Å². The van der Waals surface area contributed by atoms with Gasteiger partial charge in [0.05, 0.1) is 24.1 Å². The molecular formula is C21H16F3N4O3S3-. The second-order valence-electron chi connectivity index (χ2n) is 6.80. The number of aryl methyl sites for hydroxylation is 1. The molecule has 2 aromatic carbocycles. The lowest BCUT2D eigenvalue weighted by molar-refractivity contribution is -0.0328. The number of hydrogen-bond donors (Lipinski definition) is 1. The van der Waals surface area contributed by atoms with E-state index in [1.54, 1.807) is 42.2 Å². The molecule has 0 aliphatic heterocycles. The van der Waals surface area contributed by atoms with Crippen LogP contribution in [0.1, 0.15) is 26.5 Å². The van der Waals surface area contributed by atoms with Crippen LogP contribution in [0.2, 0.25) is 0 Å². The summed E-state index contributed by atoms with van der Waals surface area (Å²) in [4.78, 5) is 19.0. The fourth-order valence-electron chi connectivity index (χ4n) is 2.93. The number of carbonyl (C=O) groups excluding carboxylic acids is 1. The summed E-state index contributed by atoms with van der Waals surface area (Å²) in [6, 6.07) is 14.5. The fraction of sp³-hybridized carbons (Fsp3) is 0.190. The summed E-state index contributed by atoms with van der Waals surface area (Å²) in [6.07, 6.45) is 0. The number of benzene rings is 2. The molecule has 34 heavy (non-hydrogen) atoms. The molecule has 0 aliphatic carbocycles. The highest BCUT2D eigenvalue weighted by atomic mass is 32.2. The van der Waals surface area contributed by atoms with Crippen LogP contribution in [0.5, 0.6) is 0 Å². The number of thiazole rings is 1. The minimum Gasteiger partial charge on any atom is -0.771 e. The Morgan fingerprint density at radius 3 is 2.62 bits per heavy atom. The van der Waals surface area contributed by atoms with E-state index in [1.165, 1.54) is 29.5 Å². The maximum atomic E-state index is 12.8. The van der Waals surface area contributed by atoms with Gasteiger partial charge in [-0.1, -0.05) is 12.1 Å². The molecule has 0 bridgehead atoms. The van der Waals surface area contributed by atoms with Crippen molar-refractivity contribution in [2.24, 2.45) is 0 Å². The van der Waals surface area contributed by atoms with E-state index in [0.29, 0.717) is 26.8 Å². The maximum Gasteiger partial charge on any atom is 0.446 e. The van der Waals surface area contributed by atoms with Crippen LogP contribution in [0.25, 0.3) is 0 Å². The first-order valence-electron chi connectivity index (χ1n) is 9.49. The number of thioether (sulfide) groups is 1. The van der Waals surface area contributed by atoms with Crippen molar-refractivity contribution in [1.29, 1.82) is 5.26 Å². The average Bonchev–Trinajstić information content (AvgIpc) is 3.16. The summed E-state index contributed by atoms with van der Waals surface area (Å²) in [5.41, 5.74) is -2.78. The van der Waals surface area contributed by atoms with Crippen LogP contribution >= 0.6 is 23.1 Å². The van der Waals surface area contributed by atoms with E-state index >= 15 is 0 Å². The van der Waals surface area contributed by atoms with Gasteiger partial charge in [-0.15, -0.1) is 11.3 Å². The third-order valence-electron chi connectivity index (χ3n) is 4.36. The van der Waals surface area contributed by atoms with E-state index in [9.17, 15) is 26.7 Å². The molecule has 7 nitrogen and oxygen atoms in total. The number of rotatable bonds is 8. The molecule has 0 saturated carbocycles. The molecule has 0 spiro atoms. The molecule has 0 radical (unpaired) electrons. The molecule has 0 fully saturated rings. The zero-order valence-corrected chi connectivity index (χ0v) is 19.9. The number of amides is 1. The van der Waals surface area contributed by atoms with Crippen molar-refractivity contribution in [2.45, 2.75) is 23.9 Å². The Morgan fingerprint density at radius 2 is 2.00 bits per heavy atom. The second kappa shape index (κ2) is 11.0. The quantitative estimate of drug-likeness (QED) is 0.331. The van der Waals surface area contributed by atoms with Crippen LogP contribution in [-0.2, 0) is 17.6 Å². The van der Waals surface area contributed by atoms with Crippen LogP contribution in [0.15, 0.2) is 53.4 Å². The maximum absolute atomic E-state index is 12.8. The van der Waals surface area contributed by atoms with Crippen molar-refractivity contribution in [1.82, 2.24) is 10.3 Å². The van der Waals surface area contributed by atoms with Crippen LogP contribution < -0.4 is 10.2 Å². The Hall–Kier alpha value is -2.92. The van der Waals surface area contributed by atoms with E-state index in [1.807, 2.05) is 6.07 Å². The summed E-state index contributed by atoms with van der Waals surface area (Å²) in [5, 5.41) is 11.7. The predicted molar refractivity (Wildman–Crippen MR) is 123 cm³/mol. The largest absolute Gasteiger partial charge is 0.771 e. The van der Waals surface area contributed by atoms with Gasteiger partial charge in [0.25, 0.3) is 5.91 Å². The first kappa shape index (κ1) is 25.7. The molecule has 0 aliphatic rings. The summed E-state index contributed by atoms with van der Waals surface area (Å²) in [5.74, 6) is -1.22. The lowest BCUT2D eigenvalue weighted by Gasteiger charge is -2.22. The van der Waals surface area contributed by atoms with E-state index in [4.69, 9.17) is 5.26 Å². The monoisotopic (exact) mass is 525 g/mol. The van der Waals surface area contributed by atoms with Gasteiger partial charge in [0, 0.05) is 15.5 Å². The lowest BCUT2D eigenvalue weighted by atomic mass is 10.2. The Morgan fingerprint density at radius 1 is 1.29 bits per heavy atom. The topological polar surface area (TPSA) is 109 Å². The number of anilines is 2. The van der Waals surface area contributed by atoms with Crippen LogP contribution in [-0.4, -0.2) is 31.0 Å². The minimum absolute atomic E-state index is 0.0331. The van der Waals surface area contributed by atoms with Crippen molar-refractivity contribution in [3.63, 3.8) is 0 Å². The van der Waals surface area contributed by atoms with Crippen LogP contribution in [0, 0.1) is 18.3 Å². The normalized spacial score (nSPS) is 12.1. The molecule has 3 rings (SSSR count). The third-order valence-corrected chi connectivity index (χ3v) is 6.46. The van der Waals surface area contributed by atoms with Gasteiger partial charge in [-0.25, -0.2) is 4.98 Å². The molecule has 1 heterocycles. The number of carbonyl (C=O) groups is 1. The van der Waals surface area contributed by atoms with Gasteiger partial charge in [-0.3, -0.25) is 9.00 Å². The summed E-state index contributed by atoms with van der Waals surface area (Å²) < 4.78 is 59.9. The lowest BCUT2D eigenvalue weighted by Crippen LogP contribution is -2.27. The SMILES string of the molecule is Cc1sc(N(Cc2cccc(SC(F)(F)F)c2)c2ccc(C#N)cc2)nc1C(=O)NCS(=O)[O-]. The first-order chi connectivity index (χ1) is 16.1. The number of nitriles is 1. The Kier molecular flexibility index (Phi) is 8.32. The van der Waals surface area contributed by atoms with E-state index in [-0.39, 0.29) is 28.9 Å². The van der Waals surface area contributed by atoms with E-state index in [0.717, 1.165) is 0 Å². The molecule has 178 valence electrons. The number of nitrogens with one attached hydrogen (secondary N) is 1. The third kappa shape index (κ3) is 7.04. The number of aromatic nitrogens is 1.